The number of Topliss-reactive ketones (excluding diaryl/α,β-unsaturated/α-hetero) is 1. The lowest BCUT2D eigenvalue weighted by molar-refractivity contribution is -0.140. The molecule has 1 N–H and O–H groups in total. The van der Waals surface area contributed by atoms with Crippen LogP contribution >= 0.6 is 0 Å². The molecule has 1 aliphatic rings. The van der Waals surface area contributed by atoms with E-state index >= 15 is 0 Å². The van der Waals surface area contributed by atoms with Crippen LogP contribution in [0.3, 0.4) is 0 Å². The summed E-state index contributed by atoms with van der Waals surface area (Å²) < 4.78 is 5.30. The molecule has 3 aromatic rings. The van der Waals surface area contributed by atoms with E-state index in [0.717, 1.165) is 22.3 Å². The number of amides is 1. The van der Waals surface area contributed by atoms with Gasteiger partial charge in [-0.25, -0.2) is 0 Å². The summed E-state index contributed by atoms with van der Waals surface area (Å²) in [5.41, 5.74) is 3.96. The summed E-state index contributed by atoms with van der Waals surface area (Å²) in [6, 6.07) is 15.7. The highest BCUT2D eigenvalue weighted by Gasteiger charge is 2.46. The van der Waals surface area contributed by atoms with E-state index < -0.39 is 17.7 Å². The maximum Gasteiger partial charge on any atom is 0.295 e. The van der Waals surface area contributed by atoms with Gasteiger partial charge in [-0.2, -0.15) is 0 Å². The molecule has 4 rings (SSSR count). The second kappa shape index (κ2) is 8.67. The molecule has 0 unspecified atom stereocenters. The van der Waals surface area contributed by atoms with Gasteiger partial charge < -0.3 is 14.7 Å². The Morgan fingerprint density at radius 2 is 1.84 bits per heavy atom. The van der Waals surface area contributed by atoms with Gasteiger partial charge in [0.15, 0.2) is 0 Å². The number of hydrogen-bond donors (Lipinski definition) is 1. The topological polar surface area (TPSA) is 79.7 Å². The number of aromatic nitrogens is 1. The minimum Gasteiger partial charge on any atom is -0.507 e. The minimum absolute atomic E-state index is 0.0762. The van der Waals surface area contributed by atoms with Gasteiger partial charge in [0, 0.05) is 24.5 Å². The summed E-state index contributed by atoms with van der Waals surface area (Å²) in [5, 5.41) is 11.2. The number of aryl methyl sites for hydroxylation is 2. The van der Waals surface area contributed by atoms with Gasteiger partial charge in [0.2, 0.25) is 0 Å². The predicted octanol–water partition coefficient (Wildman–Crippen LogP) is 4.33. The van der Waals surface area contributed by atoms with Gasteiger partial charge in [-0.05, 0) is 54.8 Å². The molecule has 1 amide bonds. The van der Waals surface area contributed by atoms with Crippen molar-refractivity contribution in [1.82, 2.24) is 9.88 Å². The van der Waals surface area contributed by atoms with Gasteiger partial charge in [-0.15, -0.1) is 0 Å². The number of methoxy groups -OCH3 is 1. The first-order chi connectivity index (χ1) is 15.4. The van der Waals surface area contributed by atoms with E-state index in [2.05, 4.69) is 4.98 Å². The fourth-order valence-corrected chi connectivity index (χ4v) is 4.01. The van der Waals surface area contributed by atoms with Crippen molar-refractivity contribution in [3.05, 3.63) is 100 Å². The quantitative estimate of drug-likeness (QED) is 0.372. The Hall–Kier alpha value is -3.93. The number of likely N-dealkylation sites (tertiary alicyclic amines) is 1. The number of ketones is 1. The van der Waals surface area contributed by atoms with Crippen molar-refractivity contribution in [2.45, 2.75) is 26.4 Å². The van der Waals surface area contributed by atoms with E-state index in [0.29, 0.717) is 11.3 Å². The first-order valence-corrected chi connectivity index (χ1v) is 10.3. The molecule has 1 aromatic heterocycles. The molecule has 2 aromatic carbocycles. The lowest BCUT2D eigenvalue weighted by Crippen LogP contribution is -2.29. The molecule has 0 spiro atoms. The maximum atomic E-state index is 13.1. The summed E-state index contributed by atoms with van der Waals surface area (Å²) >= 11 is 0. The Morgan fingerprint density at radius 1 is 1.09 bits per heavy atom. The number of aliphatic hydroxyl groups excluding tert-OH is 1. The van der Waals surface area contributed by atoms with Crippen molar-refractivity contribution in [2.24, 2.45) is 0 Å². The third-order valence-electron chi connectivity index (χ3n) is 5.68. The first-order valence-electron chi connectivity index (χ1n) is 10.3. The molecule has 32 heavy (non-hydrogen) atoms. The van der Waals surface area contributed by atoms with E-state index in [1.54, 1.807) is 43.8 Å². The average molecular weight is 428 g/mol. The number of ether oxygens (including phenoxy) is 1. The highest BCUT2D eigenvalue weighted by Crippen LogP contribution is 2.40. The zero-order chi connectivity index (χ0) is 22.8. The maximum absolute atomic E-state index is 13.1. The van der Waals surface area contributed by atoms with Gasteiger partial charge in [0.1, 0.15) is 11.5 Å². The second-order valence-corrected chi connectivity index (χ2v) is 7.88. The van der Waals surface area contributed by atoms with Gasteiger partial charge in [0.05, 0.1) is 18.7 Å². The van der Waals surface area contributed by atoms with Gasteiger partial charge in [-0.3, -0.25) is 14.6 Å². The molecule has 2 heterocycles. The normalized spacial score (nSPS) is 17.6. The smallest absolute Gasteiger partial charge is 0.295 e. The molecule has 0 bridgehead atoms. The van der Waals surface area contributed by atoms with Crippen molar-refractivity contribution in [2.75, 3.05) is 7.11 Å². The summed E-state index contributed by atoms with van der Waals surface area (Å²) in [6.07, 6.45) is 3.32. The fraction of sp³-hybridized carbons (Fsp3) is 0.192. The Kier molecular flexibility index (Phi) is 5.77. The lowest BCUT2D eigenvalue weighted by Gasteiger charge is -2.25. The van der Waals surface area contributed by atoms with Crippen LogP contribution in [0.25, 0.3) is 5.76 Å². The molecule has 0 radical (unpaired) electrons. The van der Waals surface area contributed by atoms with Crippen LogP contribution in [0.5, 0.6) is 5.75 Å². The van der Waals surface area contributed by atoms with Crippen LogP contribution in [-0.4, -0.2) is 33.8 Å². The van der Waals surface area contributed by atoms with Crippen molar-refractivity contribution < 1.29 is 19.4 Å². The first kappa shape index (κ1) is 21.3. The molecular weight excluding hydrogens is 404 g/mol. The highest BCUT2D eigenvalue weighted by atomic mass is 16.5. The molecule has 1 aliphatic heterocycles. The van der Waals surface area contributed by atoms with Crippen LogP contribution < -0.4 is 4.74 Å². The number of carbonyl (C=O) groups is 2. The third kappa shape index (κ3) is 3.87. The van der Waals surface area contributed by atoms with Crippen molar-refractivity contribution in [1.29, 1.82) is 0 Å². The number of benzene rings is 2. The zero-order valence-corrected chi connectivity index (χ0v) is 18.2. The Bertz CT molecular complexity index is 1200. The largest absolute Gasteiger partial charge is 0.507 e. The zero-order valence-electron chi connectivity index (χ0n) is 18.2. The standard InChI is InChI=1S/C26H24N2O4/c1-16-6-8-19(9-7-16)23-22(24(29)20-10-11-21(32-3)17(2)13-20)25(30)26(31)28(23)15-18-5-4-12-27-14-18/h4-14,23,29H,15H2,1-3H3/b24-22+/t23-/m1/s1. The molecule has 1 saturated heterocycles. The molecule has 0 aliphatic carbocycles. The summed E-state index contributed by atoms with van der Waals surface area (Å²) in [7, 11) is 1.57. The van der Waals surface area contributed by atoms with Crippen molar-refractivity contribution in [3.8, 4) is 5.75 Å². The average Bonchev–Trinajstić information content (AvgIpc) is 3.04. The van der Waals surface area contributed by atoms with Crippen LogP contribution in [0.1, 0.15) is 33.9 Å². The second-order valence-electron chi connectivity index (χ2n) is 7.88. The summed E-state index contributed by atoms with van der Waals surface area (Å²) in [4.78, 5) is 31.8. The van der Waals surface area contributed by atoms with E-state index in [-0.39, 0.29) is 17.9 Å². The van der Waals surface area contributed by atoms with Crippen LogP contribution in [0.2, 0.25) is 0 Å². The Morgan fingerprint density at radius 3 is 2.47 bits per heavy atom. The van der Waals surface area contributed by atoms with Crippen LogP contribution in [0.4, 0.5) is 0 Å². The van der Waals surface area contributed by atoms with E-state index in [1.165, 1.54) is 4.90 Å². The monoisotopic (exact) mass is 428 g/mol. The van der Waals surface area contributed by atoms with Gasteiger partial charge in [-0.1, -0.05) is 35.9 Å². The molecule has 0 saturated carbocycles. The van der Waals surface area contributed by atoms with Crippen LogP contribution in [0, 0.1) is 13.8 Å². The minimum atomic E-state index is -0.710. The number of carbonyl (C=O) groups excluding carboxylic acids is 2. The third-order valence-corrected chi connectivity index (χ3v) is 5.68. The Labute approximate surface area is 186 Å². The van der Waals surface area contributed by atoms with Crippen molar-refractivity contribution >= 4 is 17.4 Å². The van der Waals surface area contributed by atoms with E-state index in [4.69, 9.17) is 4.74 Å². The molecule has 162 valence electrons. The van der Waals surface area contributed by atoms with Crippen molar-refractivity contribution in [3.63, 3.8) is 0 Å². The molecule has 1 fully saturated rings. The van der Waals surface area contributed by atoms with Gasteiger partial charge in [0.25, 0.3) is 11.7 Å². The number of hydrogen-bond acceptors (Lipinski definition) is 5. The SMILES string of the molecule is COc1ccc(/C(O)=C2\C(=O)C(=O)N(Cc3cccnc3)[C@@H]2c2ccc(C)cc2)cc1C. The predicted molar refractivity (Wildman–Crippen MR) is 121 cm³/mol. The van der Waals surface area contributed by atoms with E-state index in [9.17, 15) is 14.7 Å². The van der Waals surface area contributed by atoms with Crippen LogP contribution in [-0.2, 0) is 16.1 Å². The number of rotatable bonds is 5. The molecule has 6 heteroatoms. The Balaban J connectivity index is 1.86. The number of nitrogens with zero attached hydrogens (tertiary/aromatic N) is 2. The van der Waals surface area contributed by atoms with Crippen LogP contribution in [0.15, 0.2) is 72.6 Å². The van der Waals surface area contributed by atoms with Gasteiger partial charge >= 0.3 is 0 Å². The summed E-state index contributed by atoms with van der Waals surface area (Å²) in [5.74, 6) is -0.876. The molecule has 6 nitrogen and oxygen atoms in total. The molecule has 1 atom stereocenters. The fourth-order valence-electron chi connectivity index (χ4n) is 4.01. The molecular formula is C26H24N2O4. The number of aliphatic hydroxyl groups is 1. The number of pyridine rings is 1. The summed E-state index contributed by atoms with van der Waals surface area (Å²) in [6.45, 7) is 4.03. The highest BCUT2D eigenvalue weighted by molar-refractivity contribution is 6.46. The van der Waals surface area contributed by atoms with E-state index in [1.807, 2.05) is 44.2 Å². The lowest BCUT2D eigenvalue weighted by atomic mass is 9.94.